The summed E-state index contributed by atoms with van der Waals surface area (Å²) in [5.41, 5.74) is 9.84. The van der Waals surface area contributed by atoms with E-state index in [-0.39, 0.29) is 17.7 Å². The Morgan fingerprint density at radius 3 is 2.65 bits per heavy atom. The van der Waals surface area contributed by atoms with E-state index >= 15 is 0 Å². The lowest BCUT2D eigenvalue weighted by atomic mass is 10.1. The number of benzene rings is 1. The van der Waals surface area contributed by atoms with E-state index in [4.69, 9.17) is 16.7 Å². The van der Waals surface area contributed by atoms with E-state index in [1.165, 1.54) is 12.1 Å². The zero-order chi connectivity index (χ0) is 15.3. The SMILES string of the molecule is N#Cc1ccc(NC(=O)C(N)CC(N)=O)c([N+](=O)[O-])c1. The Kier molecular flexibility index (Phi) is 4.71. The van der Waals surface area contributed by atoms with Gasteiger partial charge in [0.1, 0.15) is 5.69 Å². The summed E-state index contributed by atoms with van der Waals surface area (Å²) in [5, 5.41) is 21.8. The second-order valence-corrected chi connectivity index (χ2v) is 3.87. The number of nitrogens with one attached hydrogen (secondary N) is 1. The number of rotatable bonds is 5. The molecule has 9 nitrogen and oxygen atoms in total. The molecule has 0 radical (unpaired) electrons. The molecule has 1 aromatic rings. The molecule has 0 aliphatic heterocycles. The monoisotopic (exact) mass is 277 g/mol. The van der Waals surface area contributed by atoms with Gasteiger partial charge >= 0.3 is 0 Å². The van der Waals surface area contributed by atoms with Crippen LogP contribution >= 0.6 is 0 Å². The molecule has 0 saturated heterocycles. The highest BCUT2D eigenvalue weighted by Gasteiger charge is 2.21. The topological polar surface area (TPSA) is 165 Å². The first kappa shape index (κ1) is 15.1. The standard InChI is InChI=1S/C11H11N5O4/c12-5-6-1-2-8(9(3-6)16(19)20)15-11(18)7(13)4-10(14)17/h1-3,7H,4,13H2,(H2,14,17)(H,15,18). The van der Waals surface area contributed by atoms with Crippen molar-refractivity contribution in [2.75, 3.05) is 5.32 Å². The zero-order valence-corrected chi connectivity index (χ0v) is 10.2. The Hall–Kier alpha value is -2.99. The summed E-state index contributed by atoms with van der Waals surface area (Å²) < 4.78 is 0. The maximum absolute atomic E-state index is 11.6. The molecule has 1 aromatic carbocycles. The normalized spacial score (nSPS) is 11.2. The smallest absolute Gasteiger partial charge is 0.294 e. The van der Waals surface area contributed by atoms with Crippen molar-refractivity contribution < 1.29 is 14.5 Å². The van der Waals surface area contributed by atoms with Gasteiger partial charge in [-0.2, -0.15) is 5.26 Å². The average Bonchev–Trinajstić information content (AvgIpc) is 2.37. The number of amides is 2. The van der Waals surface area contributed by atoms with E-state index in [1.807, 2.05) is 0 Å². The van der Waals surface area contributed by atoms with Crippen LogP contribution in [0.3, 0.4) is 0 Å². The first-order valence-electron chi connectivity index (χ1n) is 5.38. The molecule has 0 aliphatic carbocycles. The van der Waals surface area contributed by atoms with Crippen LogP contribution in [-0.2, 0) is 9.59 Å². The van der Waals surface area contributed by atoms with E-state index in [0.717, 1.165) is 6.07 Å². The van der Waals surface area contributed by atoms with Crippen molar-refractivity contribution in [1.82, 2.24) is 0 Å². The maximum Gasteiger partial charge on any atom is 0.294 e. The molecule has 5 N–H and O–H groups in total. The first-order valence-corrected chi connectivity index (χ1v) is 5.38. The minimum atomic E-state index is -1.21. The number of carbonyl (C=O) groups is 2. The van der Waals surface area contributed by atoms with Gasteiger partial charge in [0, 0.05) is 6.07 Å². The fourth-order valence-corrected chi connectivity index (χ4v) is 1.39. The number of nitrogens with zero attached hydrogens (tertiary/aromatic N) is 2. The Morgan fingerprint density at radius 2 is 2.15 bits per heavy atom. The summed E-state index contributed by atoms with van der Waals surface area (Å²) in [6.07, 6.45) is -0.379. The molecule has 1 rings (SSSR count). The Bertz CT molecular complexity index is 607. The molecule has 0 heterocycles. The van der Waals surface area contributed by atoms with Crippen molar-refractivity contribution in [1.29, 1.82) is 5.26 Å². The number of nitriles is 1. The minimum Gasteiger partial charge on any atom is -0.370 e. The number of nitro groups is 1. The van der Waals surface area contributed by atoms with E-state index < -0.39 is 28.5 Å². The van der Waals surface area contributed by atoms with Crippen molar-refractivity contribution in [2.24, 2.45) is 11.5 Å². The minimum absolute atomic E-state index is 0.0798. The molecule has 0 aromatic heterocycles. The summed E-state index contributed by atoms with van der Waals surface area (Å²) in [4.78, 5) is 32.4. The summed E-state index contributed by atoms with van der Waals surface area (Å²) in [5.74, 6) is -1.54. The molecule has 1 unspecified atom stereocenters. The lowest BCUT2D eigenvalue weighted by molar-refractivity contribution is -0.383. The molecule has 104 valence electrons. The second-order valence-electron chi connectivity index (χ2n) is 3.87. The number of hydrogen-bond acceptors (Lipinski definition) is 6. The van der Waals surface area contributed by atoms with Crippen LogP contribution in [0, 0.1) is 21.4 Å². The third-order valence-electron chi connectivity index (χ3n) is 2.34. The van der Waals surface area contributed by atoms with E-state index in [0.29, 0.717) is 0 Å². The summed E-state index contributed by atoms with van der Waals surface area (Å²) in [6.45, 7) is 0. The third-order valence-corrected chi connectivity index (χ3v) is 2.34. The number of primary amides is 1. The zero-order valence-electron chi connectivity index (χ0n) is 10.2. The number of nitro benzene ring substituents is 1. The van der Waals surface area contributed by atoms with Gasteiger partial charge < -0.3 is 16.8 Å². The Balaban J connectivity index is 2.98. The summed E-state index contributed by atoms with van der Waals surface area (Å²) in [7, 11) is 0. The number of nitrogens with two attached hydrogens (primary N) is 2. The largest absolute Gasteiger partial charge is 0.370 e. The van der Waals surface area contributed by atoms with Gasteiger partial charge in [0.05, 0.1) is 29.0 Å². The molecule has 0 spiro atoms. The molecule has 1 atom stereocenters. The predicted molar refractivity (Wildman–Crippen MR) is 68.2 cm³/mol. The Labute approximate surface area is 113 Å². The molecule has 0 aliphatic rings. The second kappa shape index (κ2) is 6.26. The maximum atomic E-state index is 11.6. The lowest BCUT2D eigenvalue weighted by Crippen LogP contribution is -2.39. The van der Waals surface area contributed by atoms with Gasteiger partial charge in [0.15, 0.2) is 0 Å². The van der Waals surface area contributed by atoms with E-state index in [1.54, 1.807) is 6.07 Å². The van der Waals surface area contributed by atoms with Crippen LogP contribution in [0.4, 0.5) is 11.4 Å². The van der Waals surface area contributed by atoms with Crippen molar-refractivity contribution in [3.63, 3.8) is 0 Å². The summed E-state index contributed by atoms with van der Waals surface area (Å²) in [6, 6.07) is 4.09. The average molecular weight is 277 g/mol. The van der Waals surface area contributed by atoms with Crippen LogP contribution in [0.2, 0.25) is 0 Å². The first-order chi connectivity index (χ1) is 9.35. The molecular weight excluding hydrogens is 266 g/mol. The molecule has 2 amide bonds. The van der Waals surface area contributed by atoms with Crippen LogP contribution in [0.5, 0.6) is 0 Å². The van der Waals surface area contributed by atoms with Crippen molar-refractivity contribution in [3.8, 4) is 6.07 Å². The number of hydrogen-bond donors (Lipinski definition) is 3. The quantitative estimate of drug-likeness (QED) is 0.489. The van der Waals surface area contributed by atoms with Crippen molar-refractivity contribution in [3.05, 3.63) is 33.9 Å². The fraction of sp³-hybridized carbons (Fsp3) is 0.182. The van der Waals surface area contributed by atoms with Gasteiger partial charge in [-0.3, -0.25) is 19.7 Å². The van der Waals surface area contributed by atoms with Crippen molar-refractivity contribution >= 4 is 23.2 Å². The van der Waals surface area contributed by atoms with E-state index in [2.05, 4.69) is 5.32 Å². The van der Waals surface area contributed by atoms with Crippen LogP contribution in [0.15, 0.2) is 18.2 Å². The van der Waals surface area contributed by atoms with Gasteiger partial charge in [-0.15, -0.1) is 0 Å². The highest BCUT2D eigenvalue weighted by molar-refractivity contribution is 5.98. The molecule has 0 bridgehead atoms. The molecule has 0 saturated carbocycles. The fourth-order valence-electron chi connectivity index (χ4n) is 1.39. The lowest BCUT2D eigenvalue weighted by Gasteiger charge is -2.10. The molecule has 20 heavy (non-hydrogen) atoms. The highest BCUT2D eigenvalue weighted by Crippen LogP contribution is 2.25. The van der Waals surface area contributed by atoms with Crippen LogP contribution < -0.4 is 16.8 Å². The Morgan fingerprint density at radius 1 is 1.50 bits per heavy atom. The van der Waals surface area contributed by atoms with Gasteiger partial charge in [0.25, 0.3) is 5.69 Å². The molecule has 9 heteroatoms. The third kappa shape index (κ3) is 3.76. The van der Waals surface area contributed by atoms with Crippen molar-refractivity contribution in [2.45, 2.75) is 12.5 Å². The van der Waals surface area contributed by atoms with Crippen LogP contribution in [-0.4, -0.2) is 22.8 Å². The van der Waals surface area contributed by atoms with Gasteiger partial charge in [0.2, 0.25) is 11.8 Å². The number of carbonyl (C=O) groups excluding carboxylic acids is 2. The van der Waals surface area contributed by atoms with Gasteiger partial charge in [-0.25, -0.2) is 0 Å². The molecular formula is C11H11N5O4. The number of anilines is 1. The van der Waals surface area contributed by atoms with Crippen LogP contribution in [0.25, 0.3) is 0 Å². The van der Waals surface area contributed by atoms with Gasteiger partial charge in [-0.1, -0.05) is 0 Å². The van der Waals surface area contributed by atoms with Crippen LogP contribution in [0.1, 0.15) is 12.0 Å². The van der Waals surface area contributed by atoms with Gasteiger partial charge in [-0.05, 0) is 12.1 Å². The van der Waals surface area contributed by atoms with E-state index in [9.17, 15) is 19.7 Å². The summed E-state index contributed by atoms with van der Waals surface area (Å²) >= 11 is 0. The highest BCUT2D eigenvalue weighted by atomic mass is 16.6. The molecule has 0 fully saturated rings. The predicted octanol–water partition coefficient (Wildman–Crippen LogP) is -0.392.